The van der Waals surface area contributed by atoms with Gasteiger partial charge in [0.25, 0.3) is 0 Å². The van der Waals surface area contributed by atoms with Crippen LogP contribution in [0.25, 0.3) is 5.57 Å². The molecule has 0 unspecified atom stereocenters. The number of aliphatic carboxylic acids is 4. The summed E-state index contributed by atoms with van der Waals surface area (Å²) in [6.45, 7) is 0. The minimum atomic E-state index is -3.38. The zero-order valence-electron chi connectivity index (χ0n) is 19.2. The van der Waals surface area contributed by atoms with Crippen LogP contribution in [0.1, 0.15) is 22.3 Å². The summed E-state index contributed by atoms with van der Waals surface area (Å²) in [5.41, 5.74) is -6.11. The largest absolute Gasteiger partial charge is 0.480 e. The van der Waals surface area contributed by atoms with Gasteiger partial charge in [-0.05, 0) is 33.4 Å². The molecule has 0 atom stereocenters. The summed E-state index contributed by atoms with van der Waals surface area (Å²) >= 11 is 0. The predicted octanol–water partition coefficient (Wildman–Crippen LogP) is 3.67. The highest BCUT2D eigenvalue weighted by atomic mass is 16.4. The van der Waals surface area contributed by atoms with Crippen LogP contribution in [0.3, 0.4) is 0 Å². The van der Waals surface area contributed by atoms with E-state index in [1.807, 2.05) is 24.3 Å². The molecule has 37 heavy (non-hydrogen) atoms. The molecule has 5 rings (SSSR count). The average Bonchev–Trinajstić information content (AvgIpc) is 3.19. The lowest BCUT2D eigenvalue weighted by Gasteiger charge is -2.42. The first-order valence-electron chi connectivity index (χ1n) is 11.3. The zero-order valence-corrected chi connectivity index (χ0v) is 19.2. The van der Waals surface area contributed by atoms with Crippen molar-refractivity contribution in [3.8, 4) is 0 Å². The highest BCUT2D eigenvalue weighted by molar-refractivity contribution is 6.24. The summed E-state index contributed by atoms with van der Waals surface area (Å²) in [4.78, 5) is 51.1. The fourth-order valence-electron chi connectivity index (χ4n) is 6.01. The van der Waals surface area contributed by atoms with Crippen LogP contribution >= 0.6 is 0 Å². The molecule has 0 fully saturated rings. The highest BCUT2D eigenvalue weighted by Gasteiger charge is 2.75. The first-order chi connectivity index (χ1) is 17.7. The Morgan fingerprint density at radius 3 is 1.49 bits per heavy atom. The van der Waals surface area contributed by atoms with Crippen LogP contribution in [-0.4, -0.2) is 44.3 Å². The molecule has 0 bridgehead atoms. The minimum absolute atomic E-state index is 0.159. The highest BCUT2D eigenvalue weighted by Crippen LogP contribution is 2.65. The molecule has 0 heterocycles. The van der Waals surface area contributed by atoms with Gasteiger partial charge in [-0.3, -0.25) is 19.2 Å². The molecule has 8 nitrogen and oxygen atoms in total. The lowest BCUT2D eigenvalue weighted by Crippen LogP contribution is -2.61. The van der Waals surface area contributed by atoms with Crippen LogP contribution in [-0.2, 0) is 24.6 Å². The predicted molar refractivity (Wildman–Crippen MR) is 131 cm³/mol. The maximum absolute atomic E-state index is 13.0. The van der Waals surface area contributed by atoms with Gasteiger partial charge in [0, 0.05) is 0 Å². The molecule has 0 amide bonds. The number of carbonyl (C=O) groups is 4. The van der Waals surface area contributed by atoms with Gasteiger partial charge in [-0.25, -0.2) is 0 Å². The second-order valence-corrected chi connectivity index (χ2v) is 8.93. The molecule has 2 aliphatic rings. The van der Waals surface area contributed by atoms with E-state index in [1.54, 1.807) is 54.6 Å². The second-order valence-electron chi connectivity index (χ2n) is 8.93. The second kappa shape index (κ2) is 8.03. The Morgan fingerprint density at radius 2 is 1.03 bits per heavy atom. The number of benzene rings is 3. The quantitative estimate of drug-likeness (QED) is 0.378. The van der Waals surface area contributed by atoms with E-state index in [0.717, 1.165) is 0 Å². The smallest absolute Gasteiger partial charge is 0.327 e. The summed E-state index contributed by atoms with van der Waals surface area (Å²) in [6, 6.07) is 24.5. The van der Waals surface area contributed by atoms with Crippen molar-refractivity contribution in [2.75, 3.05) is 0 Å². The summed E-state index contributed by atoms with van der Waals surface area (Å²) < 4.78 is 0. The van der Waals surface area contributed by atoms with Crippen molar-refractivity contribution in [1.29, 1.82) is 0 Å². The number of carboxylic acids is 4. The van der Waals surface area contributed by atoms with Crippen molar-refractivity contribution in [1.82, 2.24) is 0 Å². The molecule has 0 radical (unpaired) electrons. The van der Waals surface area contributed by atoms with E-state index in [4.69, 9.17) is 0 Å². The molecule has 3 aromatic rings. The van der Waals surface area contributed by atoms with Crippen molar-refractivity contribution in [3.63, 3.8) is 0 Å². The Kier molecular flexibility index (Phi) is 5.15. The molecule has 0 aromatic heterocycles. The van der Waals surface area contributed by atoms with Crippen molar-refractivity contribution in [2.45, 2.75) is 5.41 Å². The third-order valence-corrected chi connectivity index (χ3v) is 7.47. The van der Waals surface area contributed by atoms with Crippen LogP contribution < -0.4 is 0 Å². The van der Waals surface area contributed by atoms with Crippen LogP contribution in [0.2, 0.25) is 0 Å². The van der Waals surface area contributed by atoms with Gasteiger partial charge in [0.2, 0.25) is 10.8 Å². The molecular formula is C29H20O8. The van der Waals surface area contributed by atoms with Crippen molar-refractivity contribution in [2.24, 2.45) is 10.8 Å². The van der Waals surface area contributed by atoms with Crippen molar-refractivity contribution >= 4 is 29.5 Å². The van der Waals surface area contributed by atoms with Crippen molar-refractivity contribution < 1.29 is 39.6 Å². The first kappa shape index (κ1) is 23.7. The fourth-order valence-corrected chi connectivity index (χ4v) is 6.01. The summed E-state index contributed by atoms with van der Waals surface area (Å²) in [7, 11) is 0. The summed E-state index contributed by atoms with van der Waals surface area (Å²) in [6.07, 6.45) is 1.97. The van der Waals surface area contributed by atoms with Gasteiger partial charge in [0.05, 0.1) is 5.41 Å². The molecule has 8 heteroatoms. The standard InChI is InChI=1S/C29H20O8/c30-23(31)27(24(32)33)16-15-21-22(29(27,25(34)35)26(36)37)19-13-7-8-14-20(19)28(21,17-9-3-1-4-10-17)18-11-5-2-6-12-18/h1-16H,(H,30,31)(H,32,33)(H,34,35)(H,36,37). The molecule has 0 aliphatic heterocycles. The van der Waals surface area contributed by atoms with E-state index in [-0.39, 0.29) is 16.7 Å². The van der Waals surface area contributed by atoms with Crippen LogP contribution in [0, 0.1) is 10.8 Å². The molecule has 0 saturated heterocycles. The van der Waals surface area contributed by atoms with E-state index in [2.05, 4.69) is 0 Å². The third-order valence-electron chi connectivity index (χ3n) is 7.47. The Bertz CT molecular complexity index is 1460. The molecule has 184 valence electrons. The van der Waals surface area contributed by atoms with E-state index in [9.17, 15) is 39.6 Å². The van der Waals surface area contributed by atoms with Gasteiger partial charge < -0.3 is 20.4 Å². The number of carboxylic acid groups (broad SMARTS) is 4. The number of fused-ring (bicyclic) bond motifs is 2. The van der Waals surface area contributed by atoms with Crippen LogP contribution in [0.15, 0.2) is 103 Å². The van der Waals surface area contributed by atoms with E-state index in [1.165, 1.54) is 12.1 Å². The fraction of sp³-hybridized carbons (Fsp3) is 0.103. The lowest BCUT2D eigenvalue weighted by atomic mass is 9.54. The van der Waals surface area contributed by atoms with Gasteiger partial charge in [-0.2, -0.15) is 0 Å². The molecule has 0 saturated carbocycles. The molecule has 4 N–H and O–H groups in total. The minimum Gasteiger partial charge on any atom is -0.480 e. The number of hydrogen-bond donors (Lipinski definition) is 4. The Morgan fingerprint density at radius 1 is 0.568 bits per heavy atom. The third kappa shape index (κ3) is 2.66. The topological polar surface area (TPSA) is 149 Å². The SMILES string of the molecule is O=C(O)C1(C(=O)O)C=CC2=C(c3ccccc3C2(c2ccccc2)c2ccccc2)C1(C(=O)O)C(=O)O. The maximum atomic E-state index is 13.0. The Labute approximate surface area is 210 Å². The Balaban J connectivity index is 2.07. The summed E-state index contributed by atoms with van der Waals surface area (Å²) in [5, 5.41) is 41.3. The molecule has 0 spiro atoms. The maximum Gasteiger partial charge on any atom is 0.327 e. The summed E-state index contributed by atoms with van der Waals surface area (Å²) in [5.74, 6) is -8.37. The van der Waals surface area contributed by atoms with Gasteiger partial charge in [-0.15, -0.1) is 0 Å². The average molecular weight is 496 g/mol. The van der Waals surface area contributed by atoms with E-state index < -0.39 is 40.1 Å². The van der Waals surface area contributed by atoms with Crippen LogP contribution in [0.4, 0.5) is 0 Å². The van der Waals surface area contributed by atoms with E-state index >= 15 is 0 Å². The van der Waals surface area contributed by atoms with E-state index in [0.29, 0.717) is 22.8 Å². The number of hydrogen-bond acceptors (Lipinski definition) is 4. The zero-order chi connectivity index (χ0) is 26.6. The van der Waals surface area contributed by atoms with Crippen molar-refractivity contribution in [3.05, 3.63) is 125 Å². The number of rotatable bonds is 6. The normalized spacial score (nSPS) is 17.9. The molecule has 3 aromatic carbocycles. The number of allylic oxidation sites excluding steroid dienone is 2. The molecule has 2 aliphatic carbocycles. The van der Waals surface area contributed by atoms with Gasteiger partial charge in [0.15, 0.2) is 0 Å². The van der Waals surface area contributed by atoms with Crippen LogP contribution in [0.5, 0.6) is 0 Å². The van der Waals surface area contributed by atoms with Gasteiger partial charge in [-0.1, -0.05) is 97.1 Å². The first-order valence-corrected chi connectivity index (χ1v) is 11.3. The lowest BCUT2D eigenvalue weighted by molar-refractivity contribution is -0.184. The monoisotopic (exact) mass is 496 g/mol. The van der Waals surface area contributed by atoms with Gasteiger partial charge in [0.1, 0.15) is 0 Å². The van der Waals surface area contributed by atoms with Gasteiger partial charge >= 0.3 is 23.9 Å². The Hall–Kier alpha value is -4.98. The molecular weight excluding hydrogens is 476 g/mol.